The van der Waals surface area contributed by atoms with E-state index in [2.05, 4.69) is 26.9 Å². The molecular formula is C27H37N3O3. The number of hydrogen-bond acceptors (Lipinski definition) is 5. The number of aromatic amines is 1. The molecule has 0 saturated carbocycles. The second-order valence-corrected chi connectivity index (χ2v) is 10.6. The lowest BCUT2D eigenvalue weighted by molar-refractivity contribution is -0.177. The van der Waals surface area contributed by atoms with Crippen LogP contribution in [0.15, 0.2) is 12.1 Å². The number of carbonyl (C=O) groups excluding carboxylic acids is 1. The summed E-state index contributed by atoms with van der Waals surface area (Å²) in [6, 6.07) is 4.20. The van der Waals surface area contributed by atoms with E-state index in [1.54, 1.807) is 0 Å². The Morgan fingerprint density at radius 1 is 1.12 bits per heavy atom. The second kappa shape index (κ2) is 8.62. The van der Waals surface area contributed by atoms with E-state index in [0.29, 0.717) is 18.1 Å². The number of ether oxygens (including phenoxy) is 2. The van der Waals surface area contributed by atoms with Gasteiger partial charge in [0, 0.05) is 54.1 Å². The zero-order valence-electron chi connectivity index (χ0n) is 20.0. The van der Waals surface area contributed by atoms with Gasteiger partial charge in [0.05, 0.1) is 5.56 Å². The lowest BCUT2D eigenvalue weighted by Gasteiger charge is -2.56. The van der Waals surface area contributed by atoms with Gasteiger partial charge < -0.3 is 14.5 Å². The molecule has 1 aromatic carbocycles. The molecule has 2 atom stereocenters. The number of hydrogen-bond donors (Lipinski definition) is 1. The molecule has 0 radical (unpaired) electrons. The Morgan fingerprint density at radius 2 is 1.94 bits per heavy atom. The maximum Gasteiger partial charge on any atom is 0.340 e. The van der Waals surface area contributed by atoms with Gasteiger partial charge in [0.15, 0.2) is 5.72 Å². The van der Waals surface area contributed by atoms with Gasteiger partial charge in [-0.2, -0.15) is 0 Å². The standard InChI is InChI=1S/C27H37N3O3/c1-19-24(26(31)32-17-16-29-12-4-2-5-13-29)25-21-18-20-8-7-15-30-14-6-3-11-27(20,30)33-23(21)10-9-22(25)28-19/h9-10,20,28H,2-8,11-18H2,1H3. The number of benzene rings is 1. The average Bonchev–Trinajstić information content (AvgIpc) is 3.18. The molecule has 3 saturated heterocycles. The minimum absolute atomic E-state index is 0.141. The fourth-order valence-corrected chi connectivity index (χ4v) is 6.99. The molecule has 3 fully saturated rings. The topological polar surface area (TPSA) is 57.8 Å². The number of esters is 1. The molecule has 33 heavy (non-hydrogen) atoms. The van der Waals surface area contributed by atoms with Crippen molar-refractivity contribution < 1.29 is 14.3 Å². The molecule has 0 amide bonds. The predicted octanol–water partition coefficient (Wildman–Crippen LogP) is 4.65. The number of H-pyrrole nitrogens is 1. The summed E-state index contributed by atoms with van der Waals surface area (Å²) in [5.41, 5.74) is 3.67. The van der Waals surface area contributed by atoms with Gasteiger partial charge in [-0.05, 0) is 77.1 Å². The van der Waals surface area contributed by atoms with Crippen molar-refractivity contribution in [3.63, 3.8) is 0 Å². The Kier molecular flexibility index (Phi) is 5.61. The number of aromatic nitrogens is 1. The van der Waals surface area contributed by atoms with Gasteiger partial charge in [-0.15, -0.1) is 0 Å². The summed E-state index contributed by atoms with van der Waals surface area (Å²) in [4.78, 5) is 21.7. The Bertz CT molecular complexity index is 1040. The lowest BCUT2D eigenvalue weighted by atomic mass is 9.74. The summed E-state index contributed by atoms with van der Waals surface area (Å²) in [5, 5.41) is 1.02. The number of piperidine rings is 3. The van der Waals surface area contributed by atoms with Gasteiger partial charge in [0.2, 0.25) is 0 Å². The van der Waals surface area contributed by atoms with E-state index in [-0.39, 0.29) is 11.7 Å². The van der Waals surface area contributed by atoms with Gasteiger partial charge in [-0.25, -0.2) is 4.79 Å². The van der Waals surface area contributed by atoms with Crippen molar-refractivity contribution in [2.45, 2.75) is 70.4 Å². The van der Waals surface area contributed by atoms with Crippen LogP contribution in [0.25, 0.3) is 10.9 Å². The van der Waals surface area contributed by atoms with Crippen LogP contribution < -0.4 is 4.74 Å². The normalized spacial score (nSPS) is 28.0. The van der Waals surface area contributed by atoms with Crippen molar-refractivity contribution in [1.82, 2.24) is 14.8 Å². The van der Waals surface area contributed by atoms with Crippen LogP contribution in [0.2, 0.25) is 0 Å². The first-order chi connectivity index (χ1) is 16.2. The monoisotopic (exact) mass is 451 g/mol. The summed E-state index contributed by atoms with van der Waals surface area (Å²) in [6.07, 6.45) is 10.9. The van der Waals surface area contributed by atoms with Gasteiger partial charge in [-0.1, -0.05) is 6.42 Å². The molecule has 2 unspecified atom stereocenters. The van der Waals surface area contributed by atoms with Crippen LogP contribution in [-0.4, -0.2) is 65.8 Å². The Morgan fingerprint density at radius 3 is 2.82 bits per heavy atom. The minimum atomic E-state index is -0.201. The third-order valence-electron chi connectivity index (χ3n) is 8.61. The number of fused-ring (bicyclic) bond motifs is 3. The Labute approximate surface area is 196 Å². The molecule has 1 N–H and O–H groups in total. The van der Waals surface area contributed by atoms with E-state index in [9.17, 15) is 4.79 Å². The van der Waals surface area contributed by atoms with Gasteiger partial charge in [0.25, 0.3) is 0 Å². The van der Waals surface area contributed by atoms with Crippen LogP contribution >= 0.6 is 0 Å². The van der Waals surface area contributed by atoms with Crippen LogP contribution in [0, 0.1) is 12.8 Å². The summed E-state index contributed by atoms with van der Waals surface area (Å²) in [7, 11) is 0. The Hall–Kier alpha value is -2.05. The molecule has 4 aliphatic heterocycles. The van der Waals surface area contributed by atoms with Crippen molar-refractivity contribution in [2.75, 3.05) is 39.3 Å². The highest BCUT2D eigenvalue weighted by Crippen LogP contribution is 2.50. The molecule has 6 rings (SSSR count). The van der Waals surface area contributed by atoms with Crippen LogP contribution in [0.4, 0.5) is 0 Å². The van der Waals surface area contributed by atoms with E-state index in [1.807, 2.05) is 6.92 Å². The summed E-state index contributed by atoms with van der Waals surface area (Å²) >= 11 is 0. The van der Waals surface area contributed by atoms with Crippen LogP contribution in [-0.2, 0) is 11.2 Å². The first kappa shape index (κ1) is 21.5. The molecule has 1 spiro atoms. The first-order valence-electron chi connectivity index (χ1n) is 13.1. The second-order valence-electron chi connectivity index (χ2n) is 10.6. The lowest BCUT2D eigenvalue weighted by Crippen LogP contribution is -2.64. The van der Waals surface area contributed by atoms with Gasteiger partial charge >= 0.3 is 5.97 Å². The maximum atomic E-state index is 13.3. The molecule has 6 nitrogen and oxygen atoms in total. The van der Waals surface area contributed by atoms with Crippen molar-refractivity contribution in [1.29, 1.82) is 0 Å². The number of likely N-dealkylation sites (tertiary alicyclic amines) is 1. The molecule has 178 valence electrons. The van der Waals surface area contributed by atoms with Crippen molar-refractivity contribution in [2.24, 2.45) is 5.92 Å². The molecule has 0 aliphatic carbocycles. The molecular weight excluding hydrogens is 414 g/mol. The summed E-state index contributed by atoms with van der Waals surface area (Å²) in [6.45, 7) is 7.80. The molecule has 4 aliphatic rings. The van der Waals surface area contributed by atoms with E-state index in [4.69, 9.17) is 9.47 Å². The summed E-state index contributed by atoms with van der Waals surface area (Å²) < 4.78 is 12.7. The zero-order chi connectivity index (χ0) is 22.4. The first-order valence-corrected chi connectivity index (χ1v) is 13.1. The predicted molar refractivity (Wildman–Crippen MR) is 129 cm³/mol. The number of carbonyl (C=O) groups is 1. The summed E-state index contributed by atoms with van der Waals surface area (Å²) in [5.74, 6) is 1.25. The highest BCUT2D eigenvalue weighted by atomic mass is 16.5. The Balaban J connectivity index is 1.29. The smallest absolute Gasteiger partial charge is 0.340 e. The van der Waals surface area contributed by atoms with Gasteiger partial charge in [0.1, 0.15) is 12.4 Å². The van der Waals surface area contributed by atoms with Crippen molar-refractivity contribution in [3.05, 3.63) is 29.0 Å². The largest absolute Gasteiger partial charge is 0.472 e. The zero-order valence-corrected chi connectivity index (χ0v) is 20.0. The molecule has 2 aromatic rings. The van der Waals surface area contributed by atoms with Crippen LogP contribution in [0.5, 0.6) is 5.75 Å². The van der Waals surface area contributed by atoms with E-state index in [0.717, 1.165) is 67.9 Å². The maximum absolute atomic E-state index is 13.3. The minimum Gasteiger partial charge on any atom is -0.472 e. The third kappa shape index (κ3) is 3.66. The van der Waals surface area contributed by atoms with Gasteiger partial charge in [-0.3, -0.25) is 9.80 Å². The third-order valence-corrected chi connectivity index (χ3v) is 8.61. The SMILES string of the molecule is Cc1[nH]c2ccc3c(c2c1C(=O)OCCN1CCCCC1)CC1CCCN2CCCCC12O3. The molecule has 1 aromatic heterocycles. The fourth-order valence-electron chi connectivity index (χ4n) is 6.99. The number of aryl methyl sites for hydroxylation is 1. The number of nitrogens with zero attached hydrogens (tertiary/aromatic N) is 2. The molecule has 0 bridgehead atoms. The number of nitrogens with one attached hydrogen (secondary N) is 1. The number of rotatable bonds is 4. The van der Waals surface area contributed by atoms with E-state index >= 15 is 0 Å². The van der Waals surface area contributed by atoms with Crippen molar-refractivity contribution >= 4 is 16.9 Å². The quantitative estimate of drug-likeness (QED) is 0.686. The molecule has 6 heteroatoms. The fraction of sp³-hybridized carbons (Fsp3) is 0.667. The van der Waals surface area contributed by atoms with E-state index in [1.165, 1.54) is 50.5 Å². The highest BCUT2D eigenvalue weighted by Gasteiger charge is 2.52. The van der Waals surface area contributed by atoms with Crippen LogP contribution in [0.1, 0.15) is 73.0 Å². The van der Waals surface area contributed by atoms with Crippen molar-refractivity contribution in [3.8, 4) is 5.75 Å². The average molecular weight is 452 g/mol. The molecule has 5 heterocycles. The van der Waals surface area contributed by atoms with E-state index < -0.39 is 0 Å². The van der Waals surface area contributed by atoms with Crippen LogP contribution in [0.3, 0.4) is 0 Å². The highest BCUT2D eigenvalue weighted by molar-refractivity contribution is 6.07.